The second-order valence-electron chi connectivity index (χ2n) is 11.5. The molecule has 2 amide bonds. The Hall–Kier alpha value is -3.83. The largest absolute Gasteiger partial charge is 0.460 e. The van der Waals surface area contributed by atoms with Crippen LogP contribution in [0.25, 0.3) is 10.9 Å². The van der Waals surface area contributed by atoms with Crippen LogP contribution in [0.5, 0.6) is 0 Å². The number of para-hydroxylation sites is 1. The number of carbonyl (C=O) groups excluding carboxylic acids is 4. The summed E-state index contributed by atoms with van der Waals surface area (Å²) in [5.41, 5.74) is -1.12. The maximum atomic E-state index is 14.6. The topological polar surface area (TPSA) is 118 Å². The van der Waals surface area contributed by atoms with Crippen LogP contribution in [0, 0.1) is 5.82 Å². The minimum Gasteiger partial charge on any atom is -0.460 e. The van der Waals surface area contributed by atoms with Gasteiger partial charge >= 0.3 is 12.1 Å². The fraction of sp³-hybridized carbons (Fsp3) is 0.536. The second-order valence-corrected chi connectivity index (χ2v) is 11.5. The molecule has 0 saturated carbocycles. The van der Waals surface area contributed by atoms with Gasteiger partial charge in [-0.15, -0.1) is 0 Å². The van der Waals surface area contributed by atoms with Crippen LogP contribution < -0.4 is 10.2 Å². The number of alkyl halides is 1. The van der Waals surface area contributed by atoms with Crippen LogP contribution in [-0.4, -0.2) is 83.7 Å². The van der Waals surface area contributed by atoms with Gasteiger partial charge in [-0.1, -0.05) is 12.1 Å². The summed E-state index contributed by atoms with van der Waals surface area (Å²) < 4.78 is 38.7. The molecule has 12 heteroatoms. The van der Waals surface area contributed by atoms with Gasteiger partial charge in [0.2, 0.25) is 0 Å². The number of aromatic nitrogens is 1. The number of Topliss-reactive ketones (excluding diaryl/α,β-unsaturated/α-hetero) is 1. The van der Waals surface area contributed by atoms with Crippen molar-refractivity contribution in [3.8, 4) is 0 Å². The first-order valence-corrected chi connectivity index (χ1v) is 13.0. The van der Waals surface area contributed by atoms with E-state index in [0.29, 0.717) is 24.2 Å². The van der Waals surface area contributed by atoms with E-state index in [1.807, 2.05) is 4.90 Å². The third kappa shape index (κ3) is 7.86. The third-order valence-corrected chi connectivity index (χ3v) is 5.93. The number of hydrogen-bond acceptors (Lipinski definition) is 8. The van der Waals surface area contributed by atoms with Gasteiger partial charge in [0.05, 0.1) is 17.7 Å². The van der Waals surface area contributed by atoms with Gasteiger partial charge in [0.1, 0.15) is 35.3 Å². The number of esters is 1. The molecule has 0 radical (unpaired) electrons. The number of nitrogens with zero attached hydrogens (tertiary/aromatic N) is 3. The Bertz CT molecular complexity index is 1280. The zero-order valence-corrected chi connectivity index (χ0v) is 23.7. The van der Waals surface area contributed by atoms with Crippen molar-refractivity contribution in [2.45, 2.75) is 65.2 Å². The molecule has 0 aliphatic carbocycles. The highest BCUT2D eigenvalue weighted by molar-refractivity contribution is 6.09. The average Bonchev–Trinajstić information content (AvgIpc) is 2.85. The molecule has 1 aliphatic rings. The average molecular weight is 563 g/mol. The first kappa shape index (κ1) is 30.7. The SMILES string of the molecule is CC(C)(C)OC(=O)CC(NC(=O)c1cnc2c(F)cccc2c1N1CCN(C(=O)OC(C)(C)C)CC1)C(=O)CF. The molecule has 1 fully saturated rings. The summed E-state index contributed by atoms with van der Waals surface area (Å²) >= 11 is 0. The maximum Gasteiger partial charge on any atom is 0.410 e. The molecule has 0 spiro atoms. The fourth-order valence-corrected chi connectivity index (χ4v) is 4.24. The maximum absolute atomic E-state index is 14.6. The lowest BCUT2D eigenvalue weighted by Gasteiger charge is -2.37. The number of ether oxygens (including phenoxy) is 2. The molecule has 1 N–H and O–H groups in total. The molecule has 2 heterocycles. The van der Waals surface area contributed by atoms with Crippen LogP contribution in [0.3, 0.4) is 0 Å². The van der Waals surface area contributed by atoms with Crippen LogP contribution in [0.4, 0.5) is 19.3 Å². The van der Waals surface area contributed by atoms with Crippen molar-refractivity contribution in [1.29, 1.82) is 0 Å². The molecular weight excluding hydrogens is 526 g/mol. The Morgan fingerprint density at radius 1 is 1.00 bits per heavy atom. The van der Waals surface area contributed by atoms with Crippen LogP contribution in [0.1, 0.15) is 58.3 Å². The van der Waals surface area contributed by atoms with Crippen LogP contribution >= 0.6 is 0 Å². The zero-order chi connectivity index (χ0) is 29.8. The van der Waals surface area contributed by atoms with Gasteiger partial charge in [-0.25, -0.2) is 13.6 Å². The predicted octanol–water partition coefficient (Wildman–Crippen LogP) is 3.80. The van der Waals surface area contributed by atoms with Crippen LogP contribution in [0.15, 0.2) is 24.4 Å². The van der Waals surface area contributed by atoms with Crippen molar-refractivity contribution in [3.05, 3.63) is 35.8 Å². The summed E-state index contributed by atoms with van der Waals surface area (Å²) in [5.74, 6) is -3.16. The van der Waals surface area contributed by atoms with Gasteiger partial charge in [-0.3, -0.25) is 19.4 Å². The normalized spacial score (nSPS) is 15.0. The van der Waals surface area contributed by atoms with E-state index in [1.54, 1.807) is 52.5 Å². The number of benzene rings is 1. The highest BCUT2D eigenvalue weighted by atomic mass is 19.1. The monoisotopic (exact) mass is 562 g/mol. The Balaban J connectivity index is 1.92. The first-order valence-electron chi connectivity index (χ1n) is 13.0. The summed E-state index contributed by atoms with van der Waals surface area (Å²) in [4.78, 5) is 58.2. The van der Waals surface area contributed by atoms with Crippen molar-refractivity contribution in [2.75, 3.05) is 37.8 Å². The zero-order valence-electron chi connectivity index (χ0n) is 23.7. The Morgan fingerprint density at radius 3 is 2.20 bits per heavy atom. The molecule has 0 bridgehead atoms. The molecule has 218 valence electrons. The van der Waals surface area contributed by atoms with Crippen molar-refractivity contribution < 1.29 is 37.4 Å². The van der Waals surface area contributed by atoms with E-state index < -0.39 is 59.9 Å². The lowest BCUT2D eigenvalue weighted by atomic mass is 10.0. The Labute approximate surface area is 232 Å². The first-order chi connectivity index (χ1) is 18.6. The quantitative estimate of drug-likeness (QED) is 0.507. The van der Waals surface area contributed by atoms with Gasteiger partial charge < -0.3 is 24.6 Å². The fourth-order valence-electron chi connectivity index (χ4n) is 4.24. The lowest BCUT2D eigenvalue weighted by molar-refractivity contribution is -0.156. The number of halogens is 2. The number of carbonyl (C=O) groups is 4. The number of pyridine rings is 1. The smallest absolute Gasteiger partial charge is 0.410 e. The van der Waals surface area contributed by atoms with E-state index in [9.17, 15) is 28.0 Å². The van der Waals surface area contributed by atoms with E-state index in [1.165, 1.54) is 18.3 Å². The summed E-state index contributed by atoms with van der Waals surface area (Å²) in [6.45, 7) is 9.98. The van der Waals surface area contributed by atoms with Gasteiger partial charge in [0, 0.05) is 37.8 Å². The number of ketones is 1. The minimum absolute atomic E-state index is 0.00432. The van der Waals surface area contributed by atoms with Crippen molar-refractivity contribution in [1.82, 2.24) is 15.2 Å². The molecule has 3 rings (SSSR count). The highest BCUT2D eigenvalue weighted by Crippen LogP contribution is 2.32. The molecule has 1 aromatic carbocycles. The molecule has 1 atom stereocenters. The molecule has 40 heavy (non-hydrogen) atoms. The number of rotatable bonds is 7. The molecule has 10 nitrogen and oxygen atoms in total. The highest BCUT2D eigenvalue weighted by Gasteiger charge is 2.32. The van der Waals surface area contributed by atoms with E-state index in [2.05, 4.69) is 10.3 Å². The number of anilines is 1. The number of hydrogen-bond donors (Lipinski definition) is 1. The minimum atomic E-state index is -1.48. The van der Waals surface area contributed by atoms with Crippen molar-refractivity contribution in [2.24, 2.45) is 0 Å². The van der Waals surface area contributed by atoms with E-state index in [-0.39, 0.29) is 24.2 Å². The standard InChI is InChI=1S/C28H36F2N4O6/c1-27(2,3)39-22(36)14-20(21(35)15-29)32-25(37)18-16-31-23-17(8-7-9-19(23)30)24(18)33-10-12-34(13-11-33)26(38)40-28(4,5)6/h7-9,16,20H,10-15H2,1-6H3,(H,32,37). The number of amides is 2. The summed E-state index contributed by atoms with van der Waals surface area (Å²) in [5, 5.41) is 2.78. The number of fused-ring (bicyclic) bond motifs is 1. The second kappa shape index (κ2) is 12.1. The van der Waals surface area contributed by atoms with Crippen molar-refractivity contribution in [3.63, 3.8) is 0 Å². The third-order valence-electron chi connectivity index (χ3n) is 5.93. The van der Waals surface area contributed by atoms with Crippen molar-refractivity contribution >= 4 is 40.3 Å². The van der Waals surface area contributed by atoms with Crippen LogP contribution in [-0.2, 0) is 19.1 Å². The Kier molecular flexibility index (Phi) is 9.32. The molecule has 1 aliphatic heterocycles. The summed E-state index contributed by atoms with van der Waals surface area (Å²) in [6, 6.07) is 2.87. The van der Waals surface area contributed by atoms with E-state index >= 15 is 0 Å². The van der Waals surface area contributed by atoms with Crippen LogP contribution in [0.2, 0.25) is 0 Å². The lowest BCUT2D eigenvalue weighted by Crippen LogP contribution is -2.50. The predicted molar refractivity (Wildman–Crippen MR) is 144 cm³/mol. The number of nitrogens with one attached hydrogen (secondary N) is 1. The summed E-state index contributed by atoms with van der Waals surface area (Å²) in [7, 11) is 0. The molecule has 1 aromatic heterocycles. The molecular formula is C28H36F2N4O6. The molecule has 2 aromatic rings. The van der Waals surface area contributed by atoms with Gasteiger partial charge in [-0.05, 0) is 47.6 Å². The van der Waals surface area contributed by atoms with E-state index in [0.717, 1.165) is 0 Å². The van der Waals surface area contributed by atoms with Gasteiger partial charge in [0.25, 0.3) is 5.91 Å². The molecule has 1 saturated heterocycles. The van der Waals surface area contributed by atoms with E-state index in [4.69, 9.17) is 9.47 Å². The molecule has 1 unspecified atom stereocenters. The van der Waals surface area contributed by atoms with Gasteiger partial charge in [-0.2, -0.15) is 0 Å². The van der Waals surface area contributed by atoms with Gasteiger partial charge in [0.15, 0.2) is 5.78 Å². The Morgan fingerprint density at radius 2 is 1.62 bits per heavy atom. The summed E-state index contributed by atoms with van der Waals surface area (Å²) in [6.07, 6.45) is 0.150. The number of piperazine rings is 1.